The molecule has 0 atom stereocenters. The molecule has 9 heteroatoms. The van der Waals surface area contributed by atoms with E-state index in [1.807, 2.05) is 13.2 Å². The van der Waals surface area contributed by atoms with E-state index in [-0.39, 0.29) is 10.8 Å². The van der Waals surface area contributed by atoms with E-state index in [0.717, 1.165) is 17.7 Å². The lowest BCUT2D eigenvalue weighted by atomic mass is 10.1. The lowest BCUT2D eigenvalue weighted by Gasteiger charge is -2.20. The number of anilines is 2. The molecule has 7 nitrogen and oxygen atoms in total. The van der Waals surface area contributed by atoms with E-state index in [1.165, 1.54) is 23.1 Å². The molecule has 0 bridgehead atoms. The van der Waals surface area contributed by atoms with Gasteiger partial charge in [-0.25, -0.2) is 13.2 Å². The van der Waals surface area contributed by atoms with Crippen molar-refractivity contribution in [2.24, 2.45) is 0 Å². The van der Waals surface area contributed by atoms with Crippen LogP contribution in [-0.4, -0.2) is 40.2 Å². The van der Waals surface area contributed by atoms with E-state index in [4.69, 9.17) is 4.74 Å². The Balaban J connectivity index is 1.64. The van der Waals surface area contributed by atoms with Gasteiger partial charge in [0.1, 0.15) is 0 Å². The van der Waals surface area contributed by atoms with Gasteiger partial charge in [0.25, 0.3) is 15.9 Å². The SMILES string of the molecule is CCCCOC(=O)c1ccc(NC(=O)c2ccc(N(C)S(=O)(=O)c3ccc(SC)cc3)cc2)cc1. The van der Waals surface area contributed by atoms with Gasteiger partial charge in [0.2, 0.25) is 0 Å². The Morgan fingerprint density at radius 2 is 1.51 bits per heavy atom. The van der Waals surface area contributed by atoms with Crippen molar-refractivity contribution in [2.75, 3.05) is 29.5 Å². The average molecular weight is 513 g/mol. The highest BCUT2D eigenvalue weighted by Crippen LogP contribution is 2.24. The number of hydrogen-bond donors (Lipinski definition) is 1. The topological polar surface area (TPSA) is 92.8 Å². The molecule has 3 rings (SSSR count). The number of unbranched alkanes of at least 4 members (excludes halogenated alkanes) is 1. The van der Waals surface area contributed by atoms with Crippen LogP contribution in [0.3, 0.4) is 0 Å². The maximum absolute atomic E-state index is 12.9. The quantitative estimate of drug-likeness (QED) is 0.221. The molecule has 0 saturated heterocycles. The highest BCUT2D eigenvalue weighted by atomic mass is 32.2. The molecule has 0 spiro atoms. The lowest BCUT2D eigenvalue weighted by molar-refractivity contribution is 0.0499. The minimum atomic E-state index is -3.73. The largest absolute Gasteiger partial charge is 0.462 e. The smallest absolute Gasteiger partial charge is 0.338 e. The summed E-state index contributed by atoms with van der Waals surface area (Å²) < 4.78 is 32.3. The first-order valence-corrected chi connectivity index (χ1v) is 13.7. The Hall–Kier alpha value is -3.30. The fourth-order valence-electron chi connectivity index (χ4n) is 3.15. The molecule has 1 amide bonds. The van der Waals surface area contributed by atoms with Crippen LogP contribution in [-0.2, 0) is 14.8 Å². The number of rotatable bonds is 10. The molecule has 0 radical (unpaired) electrons. The third-order valence-corrected chi connectivity index (χ3v) is 7.86. The second kappa shape index (κ2) is 11.9. The van der Waals surface area contributed by atoms with E-state index in [2.05, 4.69) is 5.32 Å². The minimum Gasteiger partial charge on any atom is -0.462 e. The second-order valence-corrected chi connectivity index (χ2v) is 10.6. The molecular formula is C26H28N2O5S2. The van der Waals surface area contributed by atoms with E-state index in [1.54, 1.807) is 72.8 Å². The zero-order valence-electron chi connectivity index (χ0n) is 19.9. The number of carbonyl (C=O) groups excluding carboxylic acids is 2. The number of hydrogen-bond acceptors (Lipinski definition) is 6. The molecular weight excluding hydrogens is 484 g/mol. The van der Waals surface area contributed by atoms with Crippen LogP contribution in [0.2, 0.25) is 0 Å². The Morgan fingerprint density at radius 1 is 0.914 bits per heavy atom. The van der Waals surface area contributed by atoms with Gasteiger partial charge in [0.15, 0.2) is 0 Å². The average Bonchev–Trinajstić information content (AvgIpc) is 2.88. The molecule has 3 aromatic carbocycles. The molecule has 184 valence electrons. The van der Waals surface area contributed by atoms with Crippen molar-refractivity contribution < 1.29 is 22.7 Å². The Bertz CT molecular complexity index is 1260. The van der Waals surface area contributed by atoms with Gasteiger partial charge >= 0.3 is 5.97 Å². The summed E-state index contributed by atoms with van der Waals surface area (Å²) in [6.45, 7) is 2.40. The van der Waals surface area contributed by atoms with Crippen molar-refractivity contribution in [1.82, 2.24) is 0 Å². The standard InChI is InChI=1S/C26H28N2O5S2/c1-4-5-18-33-26(30)20-6-10-21(11-7-20)27-25(29)19-8-12-22(13-9-19)28(2)35(31,32)24-16-14-23(34-3)15-17-24/h6-17H,4-5,18H2,1-3H3,(H,27,29). The number of amides is 1. The summed E-state index contributed by atoms with van der Waals surface area (Å²) in [5.74, 6) is -0.751. The van der Waals surface area contributed by atoms with Gasteiger partial charge in [-0.2, -0.15) is 0 Å². The van der Waals surface area contributed by atoms with Crippen LogP contribution < -0.4 is 9.62 Å². The lowest BCUT2D eigenvalue weighted by Crippen LogP contribution is -2.26. The molecule has 0 aliphatic heterocycles. The fraction of sp³-hybridized carbons (Fsp3) is 0.231. The Labute approximate surface area is 210 Å². The maximum Gasteiger partial charge on any atom is 0.338 e. The number of sulfonamides is 1. The van der Waals surface area contributed by atoms with Crippen LogP contribution in [0, 0.1) is 0 Å². The van der Waals surface area contributed by atoms with E-state index in [9.17, 15) is 18.0 Å². The first-order valence-electron chi connectivity index (χ1n) is 11.1. The summed E-state index contributed by atoms with van der Waals surface area (Å²) in [5, 5.41) is 2.77. The predicted molar refractivity (Wildman–Crippen MR) is 140 cm³/mol. The van der Waals surface area contributed by atoms with E-state index >= 15 is 0 Å². The number of benzene rings is 3. The first kappa shape index (κ1) is 26.3. The van der Waals surface area contributed by atoms with Crippen LogP contribution >= 0.6 is 11.8 Å². The molecule has 0 aliphatic carbocycles. The highest BCUT2D eigenvalue weighted by Gasteiger charge is 2.21. The Morgan fingerprint density at radius 3 is 2.09 bits per heavy atom. The maximum atomic E-state index is 12.9. The fourth-order valence-corrected chi connectivity index (χ4v) is 4.76. The summed E-state index contributed by atoms with van der Waals surface area (Å²) in [6, 6.07) is 19.4. The van der Waals surface area contributed by atoms with Gasteiger partial charge in [0, 0.05) is 23.2 Å². The summed E-state index contributed by atoms with van der Waals surface area (Å²) in [5.41, 5.74) is 1.74. The van der Waals surface area contributed by atoms with Gasteiger partial charge in [0.05, 0.1) is 22.8 Å². The molecule has 0 aliphatic rings. The van der Waals surface area contributed by atoms with Crippen LogP contribution in [0.1, 0.15) is 40.5 Å². The first-order chi connectivity index (χ1) is 16.8. The van der Waals surface area contributed by atoms with Crippen LogP contribution in [0.4, 0.5) is 11.4 Å². The normalized spacial score (nSPS) is 11.1. The number of carbonyl (C=O) groups is 2. The number of nitrogens with zero attached hydrogens (tertiary/aromatic N) is 1. The van der Waals surface area contributed by atoms with Crippen molar-refractivity contribution >= 4 is 45.0 Å². The molecule has 3 aromatic rings. The zero-order chi connectivity index (χ0) is 25.4. The van der Waals surface area contributed by atoms with Gasteiger partial charge in [-0.1, -0.05) is 13.3 Å². The van der Waals surface area contributed by atoms with Crippen LogP contribution in [0.25, 0.3) is 0 Å². The van der Waals surface area contributed by atoms with Crippen molar-refractivity contribution in [2.45, 2.75) is 29.6 Å². The summed E-state index contributed by atoms with van der Waals surface area (Å²) in [6.07, 6.45) is 3.68. The Kier molecular flexibility index (Phi) is 8.95. The number of thioether (sulfide) groups is 1. The second-order valence-electron chi connectivity index (χ2n) is 7.72. The summed E-state index contributed by atoms with van der Waals surface area (Å²) >= 11 is 1.54. The number of ether oxygens (including phenoxy) is 1. The van der Waals surface area contributed by atoms with E-state index < -0.39 is 16.0 Å². The summed E-state index contributed by atoms with van der Waals surface area (Å²) in [4.78, 5) is 25.8. The van der Waals surface area contributed by atoms with Crippen molar-refractivity contribution in [1.29, 1.82) is 0 Å². The molecule has 0 fully saturated rings. The van der Waals surface area contributed by atoms with Crippen LogP contribution in [0.15, 0.2) is 82.6 Å². The monoisotopic (exact) mass is 512 g/mol. The molecule has 1 N–H and O–H groups in total. The van der Waals surface area contributed by atoms with E-state index in [0.29, 0.717) is 29.1 Å². The van der Waals surface area contributed by atoms with Crippen molar-refractivity contribution in [3.8, 4) is 0 Å². The third-order valence-electron chi connectivity index (χ3n) is 5.32. The molecule has 0 unspecified atom stereocenters. The predicted octanol–water partition coefficient (Wildman–Crippen LogP) is 5.44. The minimum absolute atomic E-state index is 0.192. The molecule has 35 heavy (non-hydrogen) atoms. The van der Waals surface area contributed by atoms with Gasteiger partial charge in [-0.05, 0) is 85.5 Å². The summed E-state index contributed by atoms with van der Waals surface area (Å²) in [7, 11) is -2.26. The number of esters is 1. The molecule has 0 heterocycles. The third kappa shape index (κ3) is 6.64. The van der Waals surface area contributed by atoms with Crippen LogP contribution in [0.5, 0.6) is 0 Å². The van der Waals surface area contributed by atoms with Gasteiger partial charge in [-0.3, -0.25) is 9.10 Å². The van der Waals surface area contributed by atoms with Crippen molar-refractivity contribution in [3.63, 3.8) is 0 Å². The number of nitrogens with one attached hydrogen (secondary N) is 1. The van der Waals surface area contributed by atoms with Gasteiger partial charge < -0.3 is 10.1 Å². The van der Waals surface area contributed by atoms with Gasteiger partial charge in [-0.15, -0.1) is 11.8 Å². The molecule has 0 saturated carbocycles. The highest BCUT2D eigenvalue weighted by molar-refractivity contribution is 7.98. The molecule has 0 aromatic heterocycles. The van der Waals surface area contributed by atoms with Crippen molar-refractivity contribution in [3.05, 3.63) is 83.9 Å². The zero-order valence-corrected chi connectivity index (χ0v) is 21.5.